The Bertz CT molecular complexity index is 305. The molecule has 1 saturated heterocycles. The summed E-state index contributed by atoms with van der Waals surface area (Å²) >= 11 is 0. The first-order chi connectivity index (χ1) is 7.98. The van der Waals surface area contributed by atoms with Crippen molar-refractivity contribution in [2.24, 2.45) is 11.8 Å². The lowest BCUT2D eigenvalue weighted by Gasteiger charge is -2.27. The molecular formula is C14H26N2O. The summed E-state index contributed by atoms with van der Waals surface area (Å²) in [6.45, 7) is 9.50. The van der Waals surface area contributed by atoms with Gasteiger partial charge in [-0.1, -0.05) is 26.7 Å². The van der Waals surface area contributed by atoms with Crippen LogP contribution in [0.3, 0.4) is 0 Å². The minimum absolute atomic E-state index is 0.195. The molecule has 0 bridgehead atoms. The van der Waals surface area contributed by atoms with Crippen LogP contribution in [0.4, 0.5) is 0 Å². The van der Waals surface area contributed by atoms with Crippen LogP contribution in [-0.4, -0.2) is 29.1 Å². The molecule has 2 aliphatic rings. The Morgan fingerprint density at radius 2 is 2.12 bits per heavy atom. The molecule has 2 fully saturated rings. The number of carbonyl (C=O) groups excluding carboxylic acids is 1. The van der Waals surface area contributed by atoms with E-state index >= 15 is 0 Å². The summed E-state index contributed by atoms with van der Waals surface area (Å²) in [5.74, 6) is 1.79. The van der Waals surface area contributed by atoms with Crippen LogP contribution in [0.1, 0.15) is 53.4 Å². The number of rotatable bonds is 3. The summed E-state index contributed by atoms with van der Waals surface area (Å²) in [6.07, 6.45) is 5.02. The van der Waals surface area contributed by atoms with Crippen molar-refractivity contribution >= 4 is 5.91 Å². The largest absolute Gasteiger partial charge is 0.326 e. The molecular weight excluding hydrogens is 212 g/mol. The maximum atomic E-state index is 12.4. The van der Waals surface area contributed by atoms with Gasteiger partial charge in [0.1, 0.15) is 0 Å². The number of amides is 1. The molecule has 0 aromatic heterocycles. The molecule has 17 heavy (non-hydrogen) atoms. The maximum Gasteiger partial charge on any atom is 0.243 e. The van der Waals surface area contributed by atoms with Crippen LogP contribution < -0.4 is 5.32 Å². The summed E-state index contributed by atoms with van der Waals surface area (Å²) in [5.41, 5.74) is -0.332. The first-order valence-electron chi connectivity index (χ1n) is 7.06. The van der Waals surface area contributed by atoms with Gasteiger partial charge >= 0.3 is 0 Å². The van der Waals surface area contributed by atoms with E-state index in [1.165, 1.54) is 19.3 Å². The second-order valence-electron chi connectivity index (χ2n) is 6.13. The summed E-state index contributed by atoms with van der Waals surface area (Å²) in [5, 5.41) is 3.44. The van der Waals surface area contributed by atoms with Gasteiger partial charge in [0.2, 0.25) is 5.91 Å². The fourth-order valence-electron chi connectivity index (χ4n) is 3.33. The van der Waals surface area contributed by atoms with E-state index in [1.54, 1.807) is 0 Å². The predicted octanol–water partition coefficient (Wildman–Crippen LogP) is 2.37. The van der Waals surface area contributed by atoms with Gasteiger partial charge in [0, 0.05) is 6.54 Å². The zero-order valence-corrected chi connectivity index (χ0v) is 11.6. The van der Waals surface area contributed by atoms with Crippen LogP contribution >= 0.6 is 0 Å². The number of nitrogens with zero attached hydrogens (tertiary/aromatic N) is 1. The summed E-state index contributed by atoms with van der Waals surface area (Å²) in [7, 11) is 0. The molecule has 3 nitrogen and oxygen atoms in total. The SMILES string of the molecule is CCC1(C)NC(C)N(CC2CCCC2C)C1=O. The highest BCUT2D eigenvalue weighted by Crippen LogP contribution is 2.34. The maximum absolute atomic E-state index is 12.4. The molecule has 0 aromatic carbocycles. The van der Waals surface area contributed by atoms with Crippen molar-refractivity contribution in [3.05, 3.63) is 0 Å². The van der Waals surface area contributed by atoms with E-state index in [4.69, 9.17) is 0 Å². The molecule has 2 rings (SSSR count). The second kappa shape index (κ2) is 4.60. The van der Waals surface area contributed by atoms with Crippen LogP contribution in [0.2, 0.25) is 0 Å². The van der Waals surface area contributed by atoms with Gasteiger partial charge in [-0.05, 0) is 38.5 Å². The number of hydrogen-bond acceptors (Lipinski definition) is 2. The van der Waals surface area contributed by atoms with E-state index < -0.39 is 0 Å². The predicted molar refractivity (Wildman–Crippen MR) is 69.5 cm³/mol. The van der Waals surface area contributed by atoms with E-state index in [2.05, 4.69) is 31.0 Å². The third-order valence-electron chi connectivity index (χ3n) is 4.91. The van der Waals surface area contributed by atoms with Gasteiger partial charge in [-0.25, -0.2) is 0 Å². The van der Waals surface area contributed by atoms with Gasteiger partial charge in [-0.15, -0.1) is 0 Å². The fourth-order valence-corrected chi connectivity index (χ4v) is 3.33. The van der Waals surface area contributed by atoms with Crippen LogP contribution in [0.15, 0.2) is 0 Å². The van der Waals surface area contributed by atoms with Crippen molar-refractivity contribution in [1.29, 1.82) is 0 Å². The molecule has 1 amide bonds. The van der Waals surface area contributed by atoms with Crippen molar-refractivity contribution in [3.63, 3.8) is 0 Å². The number of nitrogens with one attached hydrogen (secondary N) is 1. The number of carbonyl (C=O) groups is 1. The van der Waals surface area contributed by atoms with Crippen molar-refractivity contribution in [2.75, 3.05) is 6.54 Å². The van der Waals surface area contributed by atoms with Gasteiger partial charge in [-0.3, -0.25) is 10.1 Å². The van der Waals surface area contributed by atoms with Crippen LogP contribution in [0, 0.1) is 11.8 Å². The molecule has 0 radical (unpaired) electrons. The lowest BCUT2D eigenvalue weighted by atomic mass is 9.96. The fraction of sp³-hybridized carbons (Fsp3) is 0.929. The lowest BCUT2D eigenvalue weighted by Crippen LogP contribution is -2.43. The van der Waals surface area contributed by atoms with Crippen molar-refractivity contribution in [2.45, 2.75) is 65.1 Å². The molecule has 1 aliphatic carbocycles. The molecule has 98 valence electrons. The lowest BCUT2D eigenvalue weighted by molar-refractivity contribution is -0.133. The highest BCUT2D eigenvalue weighted by atomic mass is 16.2. The summed E-state index contributed by atoms with van der Waals surface area (Å²) < 4.78 is 0. The first kappa shape index (κ1) is 12.9. The summed E-state index contributed by atoms with van der Waals surface area (Å²) in [6, 6.07) is 0. The smallest absolute Gasteiger partial charge is 0.243 e. The monoisotopic (exact) mass is 238 g/mol. The molecule has 0 aromatic rings. The van der Waals surface area contributed by atoms with Crippen molar-refractivity contribution in [3.8, 4) is 0 Å². The Morgan fingerprint density at radius 1 is 1.41 bits per heavy atom. The minimum atomic E-state index is -0.332. The van der Waals surface area contributed by atoms with Crippen LogP contribution in [0.25, 0.3) is 0 Å². The molecule has 1 saturated carbocycles. The standard InChI is InChI=1S/C14H26N2O/c1-5-14(4)13(17)16(11(3)15-14)9-12-8-6-7-10(12)2/h10-12,15H,5-9H2,1-4H3. The van der Waals surface area contributed by atoms with E-state index in [9.17, 15) is 4.79 Å². The van der Waals surface area contributed by atoms with Crippen molar-refractivity contribution < 1.29 is 4.79 Å². The molecule has 1 N–H and O–H groups in total. The Labute approximate surface area is 105 Å². The van der Waals surface area contributed by atoms with Gasteiger partial charge in [0.05, 0.1) is 11.7 Å². The van der Waals surface area contributed by atoms with E-state index in [-0.39, 0.29) is 11.7 Å². The normalized spacial score (nSPS) is 42.5. The molecule has 0 spiro atoms. The van der Waals surface area contributed by atoms with E-state index in [0.717, 1.165) is 18.9 Å². The Hall–Kier alpha value is -0.570. The van der Waals surface area contributed by atoms with E-state index in [1.807, 2.05) is 6.92 Å². The van der Waals surface area contributed by atoms with Gasteiger partial charge in [-0.2, -0.15) is 0 Å². The molecule has 1 heterocycles. The van der Waals surface area contributed by atoms with Gasteiger partial charge in [0.15, 0.2) is 0 Å². The summed E-state index contributed by atoms with van der Waals surface area (Å²) in [4.78, 5) is 14.5. The number of hydrogen-bond donors (Lipinski definition) is 1. The van der Waals surface area contributed by atoms with Gasteiger partial charge < -0.3 is 4.90 Å². The molecule has 3 heteroatoms. The highest BCUT2D eigenvalue weighted by molar-refractivity contribution is 5.88. The topological polar surface area (TPSA) is 32.3 Å². The Kier molecular flexibility index (Phi) is 3.48. The van der Waals surface area contributed by atoms with Crippen LogP contribution in [-0.2, 0) is 4.79 Å². The first-order valence-corrected chi connectivity index (χ1v) is 7.06. The Balaban J connectivity index is 2.04. The molecule has 4 atom stereocenters. The van der Waals surface area contributed by atoms with Crippen molar-refractivity contribution in [1.82, 2.24) is 10.2 Å². The Morgan fingerprint density at radius 3 is 2.59 bits per heavy atom. The third kappa shape index (κ3) is 2.22. The molecule has 1 aliphatic heterocycles. The third-order valence-corrected chi connectivity index (χ3v) is 4.91. The average molecular weight is 238 g/mol. The second-order valence-corrected chi connectivity index (χ2v) is 6.13. The average Bonchev–Trinajstić information content (AvgIpc) is 2.78. The minimum Gasteiger partial charge on any atom is -0.326 e. The quantitative estimate of drug-likeness (QED) is 0.818. The highest BCUT2D eigenvalue weighted by Gasteiger charge is 2.45. The zero-order chi connectivity index (χ0) is 12.6. The van der Waals surface area contributed by atoms with Gasteiger partial charge in [0.25, 0.3) is 0 Å². The van der Waals surface area contributed by atoms with Crippen LogP contribution in [0.5, 0.6) is 0 Å². The van der Waals surface area contributed by atoms with E-state index in [0.29, 0.717) is 11.8 Å². The zero-order valence-electron chi connectivity index (χ0n) is 11.6. The molecule has 4 unspecified atom stereocenters.